The van der Waals surface area contributed by atoms with E-state index in [1.54, 1.807) is 18.2 Å². The first-order valence-corrected chi connectivity index (χ1v) is 8.91. The van der Waals surface area contributed by atoms with E-state index in [4.69, 9.17) is 9.84 Å². The Labute approximate surface area is 158 Å². The van der Waals surface area contributed by atoms with Crippen molar-refractivity contribution in [3.8, 4) is 0 Å². The maximum absolute atomic E-state index is 12.5. The van der Waals surface area contributed by atoms with Crippen molar-refractivity contribution in [2.75, 3.05) is 37.4 Å². The molecule has 10 heteroatoms. The van der Waals surface area contributed by atoms with Gasteiger partial charge < -0.3 is 25.4 Å². The first-order chi connectivity index (χ1) is 12.9. The van der Waals surface area contributed by atoms with Crippen LogP contribution in [0.1, 0.15) is 6.92 Å². The van der Waals surface area contributed by atoms with Crippen LogP contribution >= 0.6 is 11.3 Å². The number of aromatic nitrogens is 1. The maximum Gasteiger partial charge on any atom is 0.337 e. The standard InChI is InChI=1S/C17H18N4O5S/c1-9(23)18-17-20-12-4-3-10(7-13(12)27-17)19-14-11(16(25)26-2)8-21(5-6-22)15(14)24/h3-4,7,19,22H,5-6,8H2,1-2H3,(H,18,20,23). The molecule has 0 aliphatic carbocycles. The molecule has 27 heavy (non-hydrogen) atoms. The lowest BCUT2D eigenvalue weighted by molar-refractivity contribution is -0.136. The predicted octanol–water partition coefficient (Wildman–Crippen LogP) is 0.928. The molecule has 0 spiro atoms. The second kappa shape index (κ2) is 7.72. The molecule has 3 N–H and O–H groups in total. The SMILES string of the molecule is COC(=O)C1=C(Nc2ccc3nc(NC(C)=O)sc3c2)C(=O)N(CCO)C1. The van der Waals surface area contributed by atoms with Gasteiger partial charge in [-0.15, -0.1) is 0 Å². The van der Waals surface area contributed by atoms with Crippen molar-refractivity contribution in [2.45, 2.75) is 6.92 Å². The minimum absolute atomic E-state index is 0.0733. The Bertz CT molecular complexity index is 952. The summed E-state index contributed by atoms with van der Waals surface area (Å²) in [6, 6.07) is 5.26. The van der Waals surface area contributed by atoms with Crippen molar-refractivity contribution in [1.82, 2.24) is 9.88 Å². The van der Waals surface area contributed by atoms with Crippen LogP contribution in [-0.2, 0) is 19.1 Å². The molecule has 1 aromatic carbocycles. The molecule has 0 bridgehead atoms. The van der Waals surface area contributed by atoms with Crippen LogP contribution in [0.3, 0.4) is 0 Å². The maximum atomic E-state index is 12.5. The number of benzene rings is 1. The summed E-state index contributed by atoms with van der Waals surface area (Å²) in [6.45, 7) is 1.40. The third-order valence-corrected chi connectivity index (χ3v) is 4.83. The average molecular weight is 390 g/mol. The number of nitrogens with zero attached hydrogens (tertiary/aromatic N) is 2. The molecule has 0 unspecified atom stereocenters. The lowest BCUT2D eigenvalue weighted by Crippen LogP contribution is -2.31. The van der Waals surface area contributed by atoms with Crippen molar-refractivity contribution < 1.29 is 24.2 Å². The van der Waals surface area contributed by atoms with Gasteiger partial charge in [0.25, 0.3) is 5.91 Å². The van der Waals surface area contributed by atoms with E-state index in [-0.39, 0.29) is 42.8 Å². The molecular weight excluding hydrogens is 372 g/mol. The number of ether oxygens (including phenoxy) is 1. The van der Waals surface area contributed by atoms with Gasteiger partial charge in [-0.2, -0.15) is 0 Å². The van der Waals surface area contributed by atoms with Gasteiger partial charge in [-0.1, -0.05) is 11.3 Å². The number of hydrogen-bond donors (Lipinski definition) is 3. The third kappa shape index (κ3) is 3.91. The van der Waals surface area contributed by atoms with E-state index >= 15 is 0 Å². The van der Waals surface area contributed by atoms with Gasteiger partial charge in [0.1, 0.15) is 5.70 Å². The number of carbonyl (C=O) groups excluding carboxylic acids is 3. The fraction of sp³-hybridized carbons (Fsp3) is 0.294. The number of aliphatic hydroxyl groups excluding tert-OH is 1. The van der Waals surface area contributed by atoms with Crippen LogP contribution in [-0.4, -0.2) is 59.6 Å². The fourth-order valence-corrected chi connectivity index (χ4v) is 3.65. The van der Waals surface area contributed by atoms with Gasteiger partial charge >= 0.3 is 5.97 Å². The Kier molecular flexibility index (Phi) is 5.38. The molecule has 0 saturated carbocycles. The summed E-state index contributed by atoms with van der Waals surface area (Å²) in [5.74, 6) is -1.19. The largest absolute Gasteiger partial charge is 0.466 e. The van der Waals surface area contributed by atoms with Crippen LogP contribution in [0.5, 0.6) is 0 Å². The van der Waals surface area contributed by atoms with Crippen LogP contribution in [0.4, 0.5) is 10.8 Å². The van der Waals surface area contributed by atoms with E-state index < -0.39 is 5.97 Å². The van der Waals surface area contributed by atoms with E-state index in [9.17, 15) is 14.4 Å². The monoisotopic (exact) mass is 390 g/mol. The summed E-state index contributed by atoms with van der Waals surface area (Å²) in [5.41, 5.74) is 1.63. The van der Waals surface area contributed by atoms with Gasteiger partial charge in [0.05, 0.1) is 36.1 Å². The van der Waals surface area contributed by atoms with Crippen molar-refractivity contribution >= 4 is 50.2 Å². The number of aliphatic hydroxyl groups is 1. The van der Waals surface area contributed by atoms with Gasteiger partial charge in [-0.3, -0.25) is 9.59 Å². The smallest absolute Gasteiger partial charge is 0.337 e. The Hall–Kier alpha value is -2.98. The van der Waals surface area contributed by atoms with E-state index in [0.29, 0.717) is 16.3 Å². The first kappa shape index (κ1) is 18.8. The van der Waals surface area contributed by atoms with E-state index in [1.165, 1.54) is 30.3 Å². The highest BCUT2D eigenvalue weighted by atomic mass is 32.1. The number of hydrogen-bond acceptors (Lipinski definition) is 8. The molecule has 1 aromatic heterocycles. The molecule has 0 fully saturated rings. The minimum Gasteiger partial charge on any atom is -0.466 e. The van der Waals surface area contributed by atoms with Crippen LogP contribution in [0, 0.1) is 0 Å². The molecular formula is C17H18N4O5S. The molecule has 2 heterocycles. The number of carbonyl (C=O) groups is 3. The fourth-order valence-electron chi connectivity index (χ4n) is 2.70. The summed E-state index contributed by atoms with van der Waals surface area (Å²) in [4.78, 5) is 41.4. The predicted molar refractivity (Wildman–Crippen MR) is 100 cm³/mol. The number of rotatable bonds is 6. The normalized spacial score (nSPS) is 14.0. The Morgan fingerprint density at radius 1 is 1.41 bits per heavy atom. The van der Waals surface area contributed by atoms with E-state index in [0.717, 1.165) is 4.70 Å². The van der Waals surface area contributed by atoms with Crippen molar-refractivity contribution in [1.29, 1.82) is 0 Å². The number of anilines is 2. The van der Waals surface area contributed by atoms with Crippen LogP contribution < -0.4 is 10.6 Å². The molecule has 1 aliphatic rings. The van der Waals surface area contributed by atoms with Gasteiger partial charge in [0, 0.05) is 19.2 Å². The van der Waals surface area contributed by atoms with Crippen molar-refractivity contribution in [3.05, 3.63) is 29.5 Å². The second-order valence-corrected chi connectivity index (χ2v) is 6.83. The molecule has 3 rings (SSSR count). The number of fused-ring (bicyclic) bond motifs is 1. The van der Waals surface area contributed by atoms with Crippen molar-refractivity contribution in [2.24, 2.45) is 0 Å². The van der Waals surface area contributed by atoms with Crippen molar-refractivity contribution in [3.63, 3.8) is 0 Å². The zero-order valence-corrected chi connectivity index (χ0v) is 15.6. The molecule has 0 saturated heterocycles. The number of methoxy groups -OCH3 is 1. The van der Waals surface area contributed by atoms with Gasteiger partial charge in [-0.25, -0.2) is 9.78 Å². The summed E-state index contributed by atoms with van der Waals surface area (Å²) in [5, 5.41) is 15.2. The lowest BCUT2D eigenvalue weighted by atomic mass is 10.2. The van der Waals surface area contributed by atoms with Gasteiger partial charge in [0.2, 0.25) is 5.91 Å². The number of esters is 1. The molecule has 1 aliphatic heterocycles. The number of amides is 2. The highest BCUT2D eigenvalue weighted by Gasteiger charge is 2.34. The Morgan fingerprint density at radius 2 is 2.19 bits per heavy atom. The van der Waals surface area contributed by atoms with Gasteiger partial charge in [-0.05, 0) is 18.2 Å². The minimum atomic E-state index is -0.599. The summed E-state index contributed by atoms with van der Waals surface area (Å²) in [7, 11) is 1.25. The van der Waals surface area contributed by atoms with Gasteiger partial charge in [0.15, 0.2) is 5.13 Å². The highest BCUT2D eigenvalue weighted by Crippen LogP contribution is 2.30. The first-order valence-electron chi connectivity index (χ1n) is 8.09. The van der Waals surface area contributed by atoms with E-state index in [1.807, 2.05) is 0 Å². The zero-order valence-electron chi connectivity index (χ0n) is 14.7. The Balaban J connectivity index is 1.90. The molecule has 0 radical (unpaired) electrons. The quantitative estimate of drug-likeness (QED) is 0.628. The third-order valence-electron chi connectivity index (χ3n) is 3.89. The molecule has 2 amide bonds. The summed E-state index contributed by atoms with van der Waals surface area (Å²) < 4.78 is 5.57. The second-order valence-electron chi connectivity index (χ2n) is 5.80. The van der Waals surface area contributed by atoms with Crippen LogP contribution in [0.15, 0.2) is 29.5 Å². The number of β-amino-alcohol motifs (C(OH)–C–C–N with tert-alkyl or cyclic N) is 1. The molecule has 142 valence electrons. The topological polar surface area (TPSA) is 121 Å². The average Bonchev–Trinajstić information content (AvgIpc) is 3.15. The summed E-state index contributed by atoms with van der Waals surface area (Å²) in [6.07, 6.45) is 0. The highest BCUT2D eigenvalue weighted by molar-refractivity contribution is 7.22. The van der Waals surface area contributed by atoms with E-state index in [2.05, 4.69) is 15.6 Å². The molecule has 2 aromatic rings. The molecule has 9 nitrogen and oxygen atoms in total. The summed E-state index contributed by atoms with van der Waals surface area (Å²) >= 11 is 1.30. The zero-order chi connectivity index (χ0) is 19.6. The number of nitrogens with one attached hydrogen (secondary N) is 2. The number of thiazole rings is 1. The Morgan fingerprint density at radius 3 is 2.85 bits per heavy atom. The lowest BCUT2D eigenvalue weighted by Gasteiger charge is -2.15. The van der Waals surface area contributed by atoms with Crippen LogP contribution in [0.2, 0.25) is 0 Å². The van der Waals surface area contributed by atoms with Crippen LogP contribution in [0.25, 0.3) is 10.2 Å². The molecule has 0 atom stereocenters.